The minimum atomic E-state index is -3.87. The fourth-order valence-corrected chi connectivity index (χ4v) is 3.28. The summed E-state index contributed by atoms with van der Waals surface area (Å²) < 4.78 is 24.0. The summed E-state index contributed by atoms with van der Waals surface area (Å²) >= 11 is 5.84. The first-order valence-electron chi connectivity index (χ1n) is 5.62. The molecular formula is C13H11ClO5S. The lowest BCUT2D eigenvalue weighted by molar-refractivity contribution is -0.145. The number of carboxylic acids is 1. The predicted octanol–water partition coefficient (Wildman–Crippen LogP) is 1.71. The maximum Gasteiger partial charge on any atom is 0.333 e. The van der Waals surface area contributed by atoms with Crippen molar-refractivity contribution in [1.82, 2.24) is 0 Å². The van der Waals surface area contributed by atoms with E-state index >= 15 is 0 Å². The normalized spacial score (nSPS) is 13.3. The average molecular weight is 315 g/mol. The van der Waals surface area contributed by atoms with Gasteiger partial charge in [-0.25, -0.2) is 13.2 Å². The van der Waals surface area contributed by atoms with E-state index in [4.69, 9.17) is 16.7 Å². The Kier molecular flexibility index (Phi) is 3.99. The van der Waals surface area contributed by atoms with Gasteiger partial charge in [0, 0.05) is 5.02 Å². The Morgan fingerprint density at radius 1 is 1.15 bits per heavy atom. The van der Waals surface area contributed by atoms with Crippen LogP contribution in [0.1, 0.15) is 0 Å². The molecule has 0 unspecified atom stereocenters. The summed E-state index contributed by atoms with van der Waals surface area (Å²) in [5, 5.41) is 19.7. The van der Waals surface area contributed by atoms with Crippen molar-refractivity contribution >= 4 is 38.2 Å². The van der Waals surface area contributed by atoms with Crippen molar-refractivity contribution in [2.75, 3.05) is 5.75 Å². The number of halogens is 1. The lowest BCUT2D eigenvalue weighted by atomic mass is 10.1. The second-order valence-electron chi connectivity index (χ2n) is 4.29. The molecule has 0 saturated heterocycles. The van der Waals surface area contributed by atoms with Crippen molar-refractivity contribution in [3.05, 3.63) is 41.4 Å². The number of sulfone groups is 1. The zero-order valence-corrected chi connectivity index (χ0v) is 11.7. The monoisotopic (exact) mass is 314 g/mol. The van der Waals surface area contributed by atoms with Crippen LogP contribution < -0.4 is 0 Å². The number of hydrogen-bond acceptors (Lipinski definition) is 4. The largest absolute Gasteiger partial charge is 0.479 e. The third-order valence-corrected chi connectivity index (χ3v) is 4.76. The molecule has 0 aliphatic rings. The van der Waals surface area contributed by atoms with Gasteiger partial charge in [-0.2, -0.15) is 0 Å². The van der Waals surface area contributed by atoms with E-state index < -0.39 is 27.7 Å². The van der Waals surface area contributed by atoms with Gasteiger partial charge in [-0.05, 0) is 35.0 Å². The number of carbonyl (C=O) groups is 1. The smallest absolute Gasteiger partial charge is 0.333 e. The van der Waals surface area contributed by atoms with E-state index in [1.165, 1.54) is 12.1 Å². The molecule has 2 aromatic carbocycles. The summed E-state index contributed by atoms with van der Waals surface area (Å²) in [6, 6.07) is 9.37. The third-order valence-electron chi connectivity index (χ3n) is 2.80. The number of rotatable bonds is 4. The maximum atomic E-state index is 12.0. The summed E-state index contributed by atoms with van der Waals surface area (Å²) in [4.78, 5) is 10.5. The second kappa shape index (κ2) is 5.40. The Hall–Kier alpha value is -1.63. The van der Waals surface area contributed by atoms with Crippen molar-refractivity contribution in [2.24, 2.45) is 0 Å². The van der Waals surface area contributed by atoms with E-state index in [0.717, 1.165) is 5.39 Å². The number of aliphatic carboxylic acids is 1. The summed E-state index contributed by atoms with van der Waals surface area (Å²) in [6.07, 6.45) is -1.94. The predicted molar refractivity (Wildman–Crippen MR) is 74.7 cm³/mol. The molecule has 0 saturated carbocycles. The Labute approximate surface area is 120 Å². The number of aliphatic hydroxyl groups is 1. The zero-order valence-electron chi connectivity index (χ0n) is 10.2. The standard InChI is InChI=1S/C13H11ClO5S/c14-10-3-1-9-6-11(4-2-8(9)5-10)20(18,19)7-12(15)13(16)17/h1-6,12,15H,7H2,(H,16,17)/t12-/m0/s1. The molecular weight excluding hydrogens is 304 g/mol. The van der Waals surface area contributed by atoms with Crippen LogP contribution in [0.2, 0.25) is 5.02 Å². The van der Waals surface area contributed by atoms with Crippen molar-refractivity contribution < 1.29 is 23.4 Å². The van der Waals surface area contributed by atoms with Gasteiger partial charge in [0.05, 0.1) is 10.6 Å². The first kappa shape index (κ1) is 14.8. The van der Waals surface area contributed by atoms with Crippen LogP contribution in [0, 0.1) is 0 Å². The van der Waals surface area contributed by atoms with Crippen molar-refractivity contribution in [1.29, 1.82) is 0 Å². The van der Waals surface area contributed by atoms with Crippen LogP contribution in [-0.2, 0) is 14.6 Å². The minimum absolute atomic E-state index is 0.0346. The topological polar surface area (TPSA) is 91.7 Å². The molecule has 0 aromatic heterocycles. The van der Waals surface area contributed by atoms with Gasteiger partial charge in [-0.1, -0.05) is 23.7 Å². The van der Waals surface area contributed by atoms with Crippen molar-refractivity contribution in [3.8, 4) is 0 Å². The van der Waals surface area contributed by atoms with Crippen molar-refractivity contribution in [2.45, 2.75) is 11.0 Å². The lowest BCUT2D eigenvalue weighted by Crippen LogP contribution is -2.28. The summed E-state index contributed by atoms with van der Waals surface area (Å²) in [5.74, 6) is -2.43. The van der Waals surface area contributed by atoms with Gasteiger partial charge in [-0.3, -0.25) is 0 Å². The molecule has 0 amide bonds. The van der Waals surface area contributed by atoms with Crippen LogP contribution in [0.25, 0.3) is 10.8 Å². The first-order valence-corrected chi connectivity index (χ1v) is 7.65. The van der Waals surface area contributed by atoms with Crippen LogP contribution in [0.15, 0.2) is 41.3 Å². The maximum absolute atomic E-state index is 12.0. The van der Waals surface area contributed by atoms with E-state index in [1.54, 1.807) is 24.3 Å². The van der Waals surface area contributed by atoms with Crippen LogP contribution in [0.3, 0.4) is 0 Å². The summed E-state index contributed by atoms with van der Waals surface area (Å²) in [7, 11) is -3.87. The van der Waals surface area contributed by atoms with Crippen LogP contribution in [-0.4, -0.2) is 36.5 Å². The molecule has 2 aromatic rings. The summed E-state index contributed by atoms with van der Waals surface area (Å²) in [6.45, 7) is 0. The molecule has 1 atom stereocenters. The minimum Gasteiger partial charge on any atom is -0.479 e. The van der Waals surface area contributed by atoms with Gasteiger partial charge in [0.1, 0.15) is 0 Å². The van der Waals surface area contributed by atoms with Crippen LogP contribution >= 0.6 is 11.6 Å². The highest BCUT2D eigenvalue weighted by atomic mass is 35.5. The molecule has 0 heterocycles. The number of aliphatic hydroxyl groups excluding tert-OH is 1. The fraction of sp³-hybridized carbons (Fsp3) is 0.154. The average Bonchev–Trinajstić information content (AvgIpc) is 2.37. The van der Waals surface area contributed by atoms with Gasteiger partial charge < -0.3 is 10.2 Å². The van der Waals surface area contributed by atoms with Gasteiger partial charge in [0.15, 0.2) is 15.9 Å². The molecule has 0 aliphatic heterocycles. The van der Waals surface area contributed by atoms with E-state index in [2.05, 4.69) is 0 Å². The van der Waals surface area contributed by atoms with Crippen LogP contribution in [0.5, 0.6) is 0 Å². The van der Waals surface area contributed by atoms with E-state index in [-0.39, 0.29) is 4.90 Å². The van der Waals surface area contributed by atoms with Gasteiger partial charge in [-0.15, -0.1) is 0 Å². The lowest BCUT2D eigenvalue weighted by Gasteiger charge is -2.08. The first-order chi connectivity index (χ1) is 9.29. The quantitative estimate of drug-likeness (QED) is 0.896. The third kappa shape index (κ3) is 3.09. The van der Waals surface area contributed by atoms with Gasteiger partial charge in [0.2, 0.25) is 0 Å². The highest BCUT2D eigenvalue weighted by Gasteiger charge is 2.24. The SMILES string of the molecule is O=C(O)[C@@H](O)CS(=O)(=O)c1ccc2cc(Cl)ccc2c1. The second-order valence-corrected chi connectivity index (χ2v) is 6.76. The number of fused-ring (bicyclic) bond motifs is 1. The highest BCUT2D eigenvalue weighted by molar-refractivity contribution is 7.91. The highest BCUT2D eigenvalue weighted by Crippen LogP contribution is 2.23. The van der Waals surface area contributed by atoms with Crippen LogP contribution in [0.4, 0.5) is 0 Å². The Bertz CT molecular complexity index is 769. The molecule has 0 bridgehead atoms. The number of carboxylic acid groups (broad SMARTS) is 1. The molecule has 0 spiro atoms. The van der Waals surface area contributed by atoms with Gasteiger partial charge >= 0.3 is 5.97 Å². The molecule has 0 fully saturated rings. The molecule has 0 radical (unpaired) electrons. The summed E-state index contributed by atoms with van der Waals surface area (Å²) in [5.41, 5.74) is 0. The number of benzene rings is 2. The molecule has 5 nitrogen and oxygen atoms in total. The molecule has 0 aliphatic carbocycles. The van der Waals surface area contributed by atoms with E-state index in [0.29, 0.717) is 10.4 Å². The molecule has 2 rings (SSSR count). The Morgan fingerprint density at radius 3 is 2.40 bits per heavy atom. The van der Waals surface area contributed by atoms with E-state index in [1.807, 2.05) is 0 Å². The van der Waals surface area contributed by atoms with E-state index in [9.17, 15) is 18.3 Å². The Balaban J connectivity index is 2.42. The Morgan fingerprint density at radius 2 is 1.75 bits per heavy atom. The molecule has 7 heteroatoms. The number of hydrogen-bond donors (Lipinski definition) is 2. The fourth-order valence-electron chi connectivity index (χ4n) is 1.76. The zero-order chi connectivity index (χ0) is 14.9. The molecule has 2 N–H and O–H groups in total. The van der Waals surface area contributed by atoms with Crippen molar-refractivity contribution in [3.63, 3.8) is 0 Å². The van der Waals surface area contributed by atoms with Gasteiger partial charge in [0.25, 0.3) is 0 Å². The molecule has 20 heavy (non-hydrogen) atoms. The molecule has 106 valence electrons.